The maximum absolute atomic E-state index is 12.0. The number of quaternary nitrogens is 1. The fourth-order valence-corrected chi connectivity index (χ4v) is 2.47. The quantitative estimate of drug-likeness (QED) is 0.685. The van der Waals surface area contributed by atoms with Crippen LogP contribution in [-0.2, 0) is 16.1 Å². The monoisotopic (exact) mass is 380 g/mol. The third-order valence-electron chi connectivity index (χ3n) is 3.46. The Balaban J connectivity index is 1.72. The lowest BCUT2D eigenvalue weighted by molar-refractivity contribution is -0.862. The molecule has 3 N–H and O–H groups in total. The van der Waals surface area contributed by atoms with E-state index in [4.69, 9.17) is 23.2 Å². The van der Waals surface area contributed by atoms with Crippen molar-refractivity contribution >= 4 is 40.7 Å². The van der Waals surface area contributed by atoms with Crippen LogP contribution in [0.2, 0.25) is 10.0 Å². The van der Waals surface area contributed by atoms with Crippen molar-refractivity contribution in [2.24, 2.45) is 0 Å². The lowest BCUT2D eigenvalue weighted by Crippen LogP contribution is -3.11. The SMILES string of the molecule is C[NH+](CC(=O)NCc1ccc(Cl)cc1)CC(=O)Nc1ccc(Cl)cc1. The summed E-state index contributed by atoms with van der Waals surface area (Å²) in [5.41, 5.74) is 1.64. The van der Waals surface area contributed by atoms with Gasteiger partial charge in [-0.2, -0.15) is 0 Å². The number of rotatable bonds is 7. The second-order valence-electron chi connectivity index (χ2n) is 5.77. The molecule has 0 saturated carbocycles. The molecule has 2 aromatic rings. The van der Waals surface area contributed by atoms with E-state index in [-0.39, 0.29) is 24.9 Å². The molecule has 7 heteroatoms. The van der Waals surface area contributed by atoms with Crippen LogP contribution in [-0.4, -0.2) is 32.0 Å². The van der Waals surface area contributed by atoms with E-state index in [1.54, 1.807) is 43.4 Å². The molecule has 5 nitrogen and oxygen atoms in total. The second-order valence-corrected chi connectivity index (χ2v) is 6.64. The highest BCUT2D eigenvalue weighted by Crippen LogP contribution is 2.13. The zero-order valence-corrected chi connectivity index (χ0v) is 15.3. The van der Waals surface area contributed by atoms with Gasteiger partial charge in [0.25, 0.3) is 11.8 Å². The summed E-state index contributed by atoms with van der Waals surface area (Å²) in [6.45, 7) is 0.832. The highest BCUT2D eigenvalue weighted by molar-refractivity contribution is 6.30. The Bertz CT molecular complexity index is 718. The Hall–Kier alpha value is -2.08. The number of carbonyl (C=O) groups excluding carboxylic acids is 2. The van der Waals surface area contributed by atoms with E-state index in [1.807, 2.05) is 12.1 Å². The predicted octanol–water partition coefficient (Wildman–Crippen LogP) is 1.76. The number of benzene rings is 2. The van der Waals surface area contributed by atoms with E-state index in [1.165, 1.54) is 0 Å². The van der Waals surface area contributed by atoms with E-state index >= 15 is 0 Å². The Labute approximate surface area is 156 Å². The summed E-state index contributed by atoms with van der Waals surface area (Å²) < 4.78 is 0. The van der Waals surface area contributed by atoms with Crippen LogP contribution in [0.3, 0.4) is 0 Å². The molecule has 132 valence electrons. The van der Waals surface area contributed by atoms with Crippen molar-refractivity contribution in [3.8, 4) is 0 Å². The minimum atomic E-state index is -0.162. The predicted molar refractivity (Wildman–Crippen MR) is 100 cm³/mol. The van der Waals surface area contributed by atoms with Crippen molar-refractivity contribution in [2.75, 3.05) is 25.5 Å². The third kappa shape index (κ3) is 7.13. The van der Waals surface area contributed by atoms with Gasteiger partial charge in [-0.05, 0) is 42.0 Å². The zero-order valence-electron chi connectivity index (χ0n) is 13.8. The first kappa shape index (κ1) is 19.2. The summed E-state index contributed by atoms with van der Waals surface area (Å²) >= 11 is 11.6. The van der Waals surface area contributed by atoms with Gasteiger partial charge in [0.05, 0.1) is 7.05 Å². The topological polar surface area (TPSA) is 62.6 Å². The van der Waals surface area contributed by atoms with Crippen molar-refractivity contribution in [3.63, 3.8) is 0 Å². The molecule has 0 aromatic heterocycles. The van der Waals surface area contributed by atoms with Gasteiger partial charge in [-0.3, -0.25) is 9.59 Å². The van der Waals surface area contributed by atoms with Crippen LogP contribution < -0.4 is 15.5 Å². The van der Waals surface area contributed by atoms with Crippen LogP contribution >= 0.6 is 23.2 Å². The molecule has 25 heavy (non-hydrogen) atoms. The summed E-state index contributed by atoms with van der Waals surface area (Å²) in [7, 11) is 1.79. The molecule has 0 aliphatic carbocycles. The molecule has 1 unspecified atom stereocenters. The average molecular weight is 381 g/mol. The first-order chi connectivity index (χ1) is 11.9. The summed E-state index contributed by atoms with van der Waals surface area (Å²) in [6, 6.07) is 14.2. The third-order valence-corrected chi connectivity index (χ3v) is 3.96. The van der Waals surface area contributed by atoms with E-state index in [0.717, 1.165) is 10.5 Å². The van der Waals surface area contributed by atoms with Gasteiger partial charge in [-0.1, -0.05) is 35.3 Å². The minimum Gasteiger partial charge on any atom is -0.347 e. The standard InChI is InChI=1S/C18H19Cl2N3O2/c1-23(12-18(25)22-16-8-6-15(20)7-9-16)11-17(24)21-10-13-2-4-14(19)5-3-13/h2-9H,10-12H2,1H3,(H,21,24)(H,22,25)/p+1. The van der Waals surface area contributed by atoms with E-state index in [9.17, 15) is 9.59 Å². The molecule has 2 amide bonds. The molecule has 0 saturated heterocycles. The molecular formula is C18H20Cl2N3O2+. The van der Waals surface area contributed by atoms with Crippen LogP contribution in [0.5, 0.6) is 0 Å². The highest BCUT2D eigenvalue weighted by Gasteiger charge is 2.14. The van der Waals surface area contributed by atoms with Crippen molar-refractivity contribution in [2.45, 2.75) is 6.54 Å². The molecule has 0 heterocycles. The number of nitrogens with one attached hydrogen (secondary N) is 3. The Morgan fingerprint density at radius 3 is 2.00 bits per heavy atom. The molecule has 2 rings (SSSR count). The lowest BCUT2D eigenvalue weighted by Gasteiger charge is -2.14. The van der Waals surface area contributed by atoms with Gasteiger partial charge >= 0.3 is 0 Å². The Morgan fingerprint density at radius 1 is 0.880 bits per heavy atom. The van der Waals surface area contributed by atoms with Crippen molar-refractivity contribution < 1.29 is 14.5 Å². The van der Waals surface area contributed by atoms with Crippen LogP contribution in [0.4, 0.5) is 5.69 Å². The Morgan fingerprint density at radius 2 is 1.40 bits per heavy atom. The number of halogens is 2. The minimum absolute atomic E-state index is 0.119. The van der Waals surface area contributed by atoms with Gasteiger partial charge in [0.2, 0.25) is 0 Å². The number of amides is 2. The van der Waals surface area contributed by atoms with Crippen molar-refractivity contribution in [1.82, 2.24) is 5.32 Å². The molecule has 0 aliphatic rings. The number of carbonyl (C=O) groups is 2. The molecule has 0 fully saturated rings. The number of anilines is 1. The van der Waals surface area contributed by atoms with E-state index in [0.29, 0.717) is 22.3 Å². The summed E-state index contributed by atoms with van der Waals surface area (Å²) in [5.74, 6) is -0.280. The maximum atomic E-state index is 12.0. The number of hydrogen-bond donors (Lipinski definition) is 3. The Kier molecular flexibility index (Phi) is 7.25. The van der Waals surface area contributed by atoms with Gasteiger partial charge in [0.1, 0.15) is 0 Å². The summed E-state index contributed by atoms with van der Waals surface area (Å²) in [4.78, 5) is 24.7. The van der Waals surface area contributed by atoms with Crippen LogP contribution in [0.1, 0.15) is 5.56 Å². The summed E-state index contributed by atoms with van der Waals surface area (Å²) in [5, 5.41) is 6.87. The number of likely N-dealkylation sites (N-methyl/N-ethyl adjacent to an activating group) is 1. The highest BCUT2D eigenvalue weighted by atomic mass is 35.5. The molecule has 0 bridgehead atoms. The molecule has 0 aliphatic heterocycles. The zero-order chi connectivity index (χ0) is 18.2. The maximum Gasteiger partial charge on any atom is 0.279 e. The van der Waals surface area contributed by atoms with Gasteiger partial charge in [0.15, 0.2) is 13.1 Å². The van der Waals surface area contributed by atoms with E-state index in [2.05, 4.69) is 10.6 Å². The fourth-order valence-electron chi connectivity index (χ4n) is 2.21. The van der Waals surface area contributed by atoms with Crippen molar-refractivity contribution in [3.05, 3.63) is 64.1 Å². The molecule has 0 spiro atoms. The van der Waals surface area contributed by atoms with Gasteiger partial charge < -0.3 is 15.5 Å². The second kappa shape index (κ2) is 9.42. The largest absolute Gasteiger partial charge is 0.347 e. The smallest absolute Gasteiger partial charge is 0.279 e. The van der Waals surface area contributed by atoms with Gasteiger partial charge in [-0.15, -0.1) is 0 Å². The average Bonchev–Trinajstić information content (AvgIpc) is 2.56. The molecular weight excluding hydrogens is 361 g/mol. The van der Waals surface area contributed by atoms with Crippen LogP contribution in [0.15, 0.2) is 48.5 Å². The molecule has 0 radical (unpaired) electrons. The first-order valence-electron chi connectivity index (χ1n) is 7.80. The summed E-state index contributed by atoms with van der Waals surface area (Å²) in [6.07, 6.45) is 0. The van der Waals surface area contributed by atoms with Crippen LogP contribution in [0, 0.1) is 0 Å². The van der Waals surface area contributed by atoms with Gasteiger partial charge in [-0.25, -0.2) is 0 Å². The molecule has 1 atom stereocenters. The van der Waals surface area contributed by atoms with Crippen LogP contribution in [0.25, 0.3) is 0 Å². The van der Waals surface area contributed by atoms with Gasteiger partial charge in [0, 0.05) is 22.3 Å². The van der Waals surface area contributed by atoms with Crippen molar-refractivity contribution in [1.29, 1.82) is 0 Å². The number of hydrogen-bond acceptors (Lipinski definition) is 2. The van der Waals surface area contributed by atoms with E-state index < -0.39 is 0 Å². The lowest BCUT2D eigenvalue weighted by atomic mass is 10.2. The fraction of sp³-hybridized carbons (Fsp3) is 0.222. The normalized spacial score (nSPS) is 11.6. The molecule has 2 aromatic carbocycles. The first-order valence-corrected chi connectivity index (χ1v) is 8.56.